The molecular formula is C24H28N4O2. The highest BCUT2D eigenvalue weighted by Gasteiger charge is 2.27. The molecule has 1 aliphatic rings. The second kappa shape index (κ2) is 9.67. The minimum atomic E-state index is -0.0631. The fraction of sp³-hybridized carbons (Fsp3) is 0.375. The van der Waals surface area contributed by atoms with Gasteiger partial charge in [0.15, 0.2) is 5.82 Å². The second-order valence-electron chi connectivity index (χ2n) is 7.82. The molecule has 6 nitrogen and oxygen atoms in total. The maximum absolute atomic E-state index is 12.0. The van der Waals surface area contributed by atoms with Gasteiger partial charge in [0.25, 0.3) is 0 Å². The van der Waals surface area contributed by atoms with Crippen molar-refractivity contribution >= 4 is 5.91 Å². The van der Waals surface area contributed by atoms with Gasteiger partial charge in [0.05, 0.1) is 13.0 Å². The van der Waals surface area contributed by atoms with Crippen molar-refractivity contribution in [2.75, 3.05) is 13.1 Å². The Hall–Kier alpha value is -2.99. The van der Waals surface area contributed by atoms with Gasteiger partial charge in [-0.3, -0.25) is 9.69 Å². The molecule has 2 aromatic carbocycles. The molecule has 2 heterocycles. The topological polar surface area (TPSA) is 71.3 Å². The van der Waals surface area contributed by atoms with Crippen LogP contribution in [0.5, 0.6) is 0 Å². The number of carbonyl (C=O) groups is 1. The Morgan fingerprint density at radius 2 is 1.97 bits per heavy atom. The lowest BCUT2D eigenvalue weighted by Gasteiger charge is -2.34. The fourth-order valence-electron chi connectivity index (χ4n) is 4.00. The number of fused-ring (bicyclic) bond motifs is 1. The molecule has 0 aliphatic carbocycles. The van der Waals surface area contributed by atoms with Crippen molar-refractivity contribution in [2.45, 2.75) is 45.2 Å². The molecule has 3 aromatic rings. The van der Waals surface area contributed by atoms with E-state index in [0.717, 1.165) is 25.9 Å². The van der Waals surface area contributed by atoms with E-state index in [0.29, 0.717) is 30.7 Å². The monoisotopic (exact) mass is 404 g/mol. The van der Waals surface area contributed by atoms with Gasteiger partial charge in [0.2, 0.25) is 11.8 Å². The predicted molar refractivity (Wildman–Crippen MR) is 115 cm³/mol. The van der Waals surface area contributed by atoms with Gasteiger partial charge in [0.1, 0.15) is 0 Å². The van der Waals surface area contributed by atoms with Crippen molar-refractivity contribution < 1.29 is 9.32 Å². The van der Waals surface area contributed by atoms with Crippen LogP contribution in [0.4, 0.5) is 0 Å². The Bertz CT molecular complexity index is 970. The van der Waals surface area contributed by atoms with Crippen molar-refractivity contribution in [3.63, 3.8) is 0 Å². The van der Waals surface area contributed by atoms with Crippen LogP contribution in [0, 0.1) is 0 Å². The lowest BCUT2D eigenvalue weighted by Crippen LogP contribution is -2.33. The number of hydrogen-bond donors (Lipinski definition) is 1. The summed E-state index contributed by atoms with van der Waals surface area (Å²) in [5.41, 5.74) is 4.02. The van der Waals surface area contributed by atoms with Gasteiger partial charge >= 0.3 is 0 Å². The van der Waals surface area contributed by atoms with E-state index in [4.69, 9.17) is 4.52 Å². The fourth-order valence-corrected chi connectivity index (χ4v) is 4.00. The molecular weight excluding hydrogens is 376 g/mol. The third kappa shape index (κ3) is 4.94. The number of carbonyl (C=O) groups excluding carboxylic acids is 1. The van der Waals surface area contributed by atoms with E-state index in [9.17, 15) is 4.79 Å². The van der Waals surface area contributed by atoms with Crippen molar-refractivity contribution in [3.8, 4) is 0 Å². The van der Waals surface area contributed by atoms with E-state index in [1.165, 1.54) is 16.7 Å². The van der Waals surface area contributed by atoms with Crippen molar-refractivity contribution in [1.29, 1.82) is 0 Å². The summed E-state index contributed by atoms with van der Waals surface area (Å²) >= 11 is 0. The summed E-state index contributed by atoms with van der Waals surface area (Å²) in [4.78, 5) is 18.8. The number of nitrogens with one attached hydrogen (secondary N) is 1. The third-order valence-corrected chi connectivity index (χ3v) is 5.51. The Labute approximate surface area is 177 Å². The van der Waals surface area contributed by atoms with Gasteiger partial charge < -0.3 is 9.84 Å². The number of benzene rings is 2. The zero-order chi connectivity index (χ0) is 20.8. The summed E-state index contributed by atoms with van der Waals surface area (Å²) in [5.74, 6) is 1.24. The average Bonchev–Trinajstić information content (AvgIpc) is 3.20. The summed E-state index contributed by atoms with van der Waals surface area (Å²) < 4.78 is 5.44. The van der Waals surface area contributed by atoms with Gasteiger partial charge in [-0.05, 0) is 23.1 Å². The number of aromatic nitrogens is 2. The van der Waals surface area contributed by atoms with Crippen LogP contribution in [0.25, 0.3) is 0 Å². The molecule has 0 spiro atoms. The molecule has 6 heteroatoms. The number of nitrogens with zero attached hydrogens (tertiary/aromatic N) is 3. The lowest BCUT2D eigenvalue weighted by molar-refractivity contribution is -0.120. The summed E-state index contributed by atoms with van der Waals surface area (Å²) in [7, 11) is 0. The normalized spacial score (nSPS) is 16.2. The molecule has 0 bridgehead atoms. The van der Waals surface area contributed by atoms with E-state index in [1.54, 1.807) is 0 Å². The Balaban J connectivity index is 1.43. The summed E-state index contributed by atoms with van der Waals surface area (Å²) in [6.45, 7) is 5.08. The zero-order valence-electron chi connectivity index (χ0n) is 17.4. The van der Waals surface area contributed by atoms with Crippen LogP contribution >= 0.6 is 0 Å². The maximum Gasteiger partial charge on any atom is 0.240 e. The van der Waals surface area contributed by atoms with Crippen LogP contribution in [0.15, 0.2) is 59.1 Å². The number of unbranched alkanes of at least 4 members (excludes halogenated alkanes) is 1. The zero-order valence-corrected chi connectivity index (χ0v) is 17.4. The predicted octanol–water partition coefficient (Wildman–Crippen LogP) is 3.68. The lowest BCUT2D eigenvalue weighted by atomic mass is 9.85. The SMILES string of the molecule is CCCCNC(=O)Cc1noc(CN2Cc3ccccc3C(c3ccccc3)C2)n1. The van der Waals surface area contributed by atoms with E-state index < -0.39 is 0 Å². The minimum Gasteiger partial charge on any atom is -0.356 e. The van der Waals surface area contributed by atoms with Gasteiger partial charge in [0, 0.05) is 25.6 Å². The molecule has 1 aliphatic heterocycles. The van der Waals surface area contributed by atoms with Crippen LogP contribution in [0.3, 0.4) is 0 Å². The summed E-state index contributed by atoms with van der Waals surface area (Å²) in [6.07, 6.45) is 2.18. The first-order valence-electron chi connectivity index (χ1n) is 10.7. The quantitative estimate of drug-likeness (QED) is 0.580. The number of hydrogen-bond acceptors (Lipinski definition) is 5. The standard InChI is InChI=1S/C24H28N4O2/c1-2-3-13-25-23(29)14-22-26-24(30-27-22)17-28-15-19-11-7-8-12-20(19)21(16-28)18-9-5-4-6-10-18/h4-12,21H,2-3,13-17H2,1H3,(H,25,29). The first kappa shape index (κ1) is 20.3. The molecule has 30 heavy (non-hydrogen) atoms. The summed E-state index contributed by atoms with van der Waals surface area (Å²) in [5, 5.41) is 6.88. The largest absolute Gasteiger partial charge is 0.356 e. The smallest absolute Gasteiger partial charge is 0.240 e. The number of amides is 1. The van der Waals surface area contributed by atoms with Crippen LogP contribution in [0.1, 0.15) is 54.1 Å². The third-order valence-electron chi connectivity index (χ3n) is 5.51. The molecule has 1 aromatic heterocycles. The Morgan fingerprint density at radius 3 is 2.80 bits per heavy atom. The molecule has 0 fully saturated rings. The summed E-state index contributed by atoms with van der Waals surface area (Å²) in [6, 6.07) is 19.2. The Morgan fingerprint density at radius 1 is 1.17 bits per heavy atom. The van der Waals surface area contributed by atoms with E-state index in [1.807, 2.05) is 6.07 Å². The van der Waals surface area contributed by atoms with E-state index in [-0.39, 0.29) is 12.3 Å². The number of rotatable bonds is 8. The molecule has 0 saturated carbocycles. The van der Waals surface area contributed by atoms with Crippen LogP contribution < -0.4 is 5.32 Å². The molecule has 1 amide bonds. The molecule has 156 valence electrons. The van der Waals surface area contributed by atoms with E-state index >= 15 is 0 Å². The highest BCUT2D eigenvalue weighted by molar-refractivity contribution is 5.77. The first-order valence-corrected chi connectivity index (χ1v) is 10.7. The van der Waals surface area contributed by atoms with Gasteiger partial charge in [-0.2, -0.15) is 4.98 Å². The van der Waals surface area contributed by atoms with Gasteiger partial charge in [-0.1, -0.05) is 73.1 Å². The second-order valence-corrected chi connectivity index (χ2v) is 7.82. The van der Waals surface area contributed by atoms with E-state index in [2.05, 4.69) is 75.8 Å². The van der Waals surface area contributed by atoms with Crippen molar-refractivity contribution in [3.05, 3.63) is 83.0 Å². The average molecular weight is 405 g/mol. The van der Waals surface area contributed by atoms with Gasteiger partial charge in [-0.25, -0.2) is 0 Å². The van der Waals surface area contributed by atoms with Crippen LogP contribution in [0.2, 0.25) is 0 Å². The van der Waals surface area contributed by atoms with Gasteiger partial charge in [-0.15, -0.1) is 0 Å². The highest BCUT2D eigenvalue weighted by Crippen LogP contribution is 2.33. The molecule has 4 rings (SSSR count). The van der Waals surface area contributed by atoms with Crippen molar-refractivity contribution in [2.24, 2.45) is 0 Å². The van der Waals surface area contributed by atoms with Crippen molar-refractivity contribution in [1.82, 2.24) is 20.4 Å². The highest BCUT2D eigenvalue weighted by atomic mass is 16.5. The Kier molecular flexibility index (Phi) is 6.54. The minimum absolute atomic E-state index is 0.0631. The molecule has 1 unspecified atom stereocenters. The van der Waals surface area contributed by atoms with Crippen LogP contribution in [-0.4, -0.2) is 34.0 Å². The molecule has 0 saturated heterocycles. The molecule has 1 N–H and O–H groups in total. The van der Waals surface area contributed by atoms with Crippen LogP contribution in [-0.2, 0) is 24.3 Å². The first-order chi connectivity index (χ1) is 14.7. The maximum atomic E-state index is 12.0. The molecule has 1 atom stereocenters. The molecule has 0 radical (unpaired) electrons.